The number of hydrogen-bond donors (Lipinski definition) is 1. The van der Waals surface area contributed by atoms with E-state index in [1.807, 2.05) is 56.3 Å². The van der Waals surface area contributed by atoms with E-state index in [1.165, 1.54) is 11.4 Å². The fourth-order valence-electron chi connectivity index (χ4n) is 4.55. The standard InChI is InChI=1S/C32H40ClN3O5S/c1-5-24(2)34-32(38)30(21-25-11-7-6-8-12-25)35(23-26-16-18-27(33)19-17-26)31(37)15-10-20-36(42(4,39)40)28-13-9-14-29(22-28)41-3/h6-9,11-14,16-19,22,24,30H,5,10,15,20-21,23H2,1-4H3,(H,34,38)/t24-,30-/m1/s1. The van der Waals surface area contributed by atoms with Crippen molar-refractivity contribution in [3.05, 3.63) is 95.0 Å². The Bertz CT molecular complexity index is 1420. The maximum atomic E-state index is 13.9. The second kappa shape index (κ2) is 15.6. The summed E-state index contributed by atoms with van der Waals surface area (Å²) in [6.45, 7) is 4.22. The molecule has 0 radical (unpaired) electrons. The molecule has 2 amide bonds. The summed E-state index contributed by atoms with van der Waals surface area (Å²) in [5.74, 6) is 0.0522. The minimum absolute atomic E-state index is 0.0471. The van der Waals surface area contributed by atoms with Gasteiger partial charge in [0.1, 0.15) is 11.8 Å². The summed E-state index contributed by atoms with van der Waals surface area (Å²) in [5, 5.41) is 3.63. The molecule has 0 saturated carbocycles. The highest BCUT2D eigenvalue weighted by molar-refractivity contribution is 7.92. The third-order valence-corrected chi connectivity index (χ3v) is 8.48. The maximum absolute atomic E-state index is 13.9. The van der Waals surface area contributed by atoms with Crippen LogP contribution in [0.2, 0.25) is 5.02 Å². The average Bonchev–Trinajstić information content (AvgIpc) is 2.97. The summed E-state index contributed by atoms with van der Waals surface area (Å²) >= 11 is 6.10. The Morgan fingerprint density at radius 2 is 1.67 bits per heavy atom. The van der Waals surface area contributed by atoms with E-state index in [0.717, 1.165) is 23.8 Å². The predicted octanol–water partition coefficient (Wildman–Crippen LogP) is 5.45. The van der Waals surface area contributed by atoms with Gasteiger partial charge in [-0.05, 0) is 55.2 Å². The molecule has 8 nitrogen and oxygen atoms in total. The average molecular weight is 614 g/mol. The van der Waals surface area contributed by atoms with Crippen LogP contribution in [0.25, 0.3) is 0 Å². The molecule has 0 aliphatic carbocycles. The monoisotopic (exact) mass is 613 g/mol. The van der Waals surface area contributed by atoms with Crippen LogP contribution in [0.3, 0.4) is 0 Å². The number of carbonyl (C=O) groups excluding carboxylic acids is 2. The Morgan fingerprint density at radius 3 is 2.29 bits per heavy atom. The molecule has 0 fully saturated rings. The van der Waals surface area contributed by atoms with E-state index in [2.05, 4.69) is 5.32 Å². The number of nitrogens with one attached hydrogen (secondary N) is 1. The number of benzene rings is 3. The van der Waals surface area contributed by atoms with E-state index in [0.29, 0.717) is 22.9 Å². The summed E-state index contributed by atoms with van der Waals surface area (Å²) < 4.78 is 31.9. The third-order valence-electron chi connectivity index (χ3n) is 7.03. The first-order valence-corrected chi connectivity index (χ1v) is 16.2. The van der Waals surface area contributed by atoms with Crippen LogP contribution in [0.15, 0.2) is 78.9 Å². The smallest absolute Gasteiger partial charge is 0.243 e. The molecule has 0 unspecified atom stereocenters. The summed E-state index contributed by atoms with van der Waals surface area (Å²) in [6.07, 6.45) is 2.52. The Kier molecular flexibility index (Phi) is 12.2. The molecule has 3 aromatic rings. The van der Waals surface area contributed by atoms with Crippen LogP contribution in [-0.2, 0) is 32.6 Å². The minimum Gasteiger partial charge on any atom is -0.497 e. The molecule has 3 rings (SSSR count). The molecule has 0 heterocycles. The molecule has 0 aliphatic heterocycles. The van der Waals surface area contributed by atoms with Crippen molar-refractivity contribution in [2.75, 3.05) is 24.2 Å². The van der Waals surface area contributed by atoms with Crippen molar-refractivity contribution in [1.29, 1.82) is 0 Å². The fraction of sp³-hybridized carbons (Fsp3) is 0.375. The van der Waals surface area contributed by atoms with Gasteiger partial charge in [-0.2, -0.15) is 0 Å². The number of halogens is 1. The van der Waals surface area contributed by atoms with Crippen LogP contribution in [0, 0.1) is 0 Å². The molecule has 42 heavy (non-hydrogen) atoms. The van der Waals surface area contributed by atoms with Crippen LogP contribution < -0.4 is 14.4 Å². The lowest BCUT2D eigenvalue weighted by molar-refractivity contribution is -0.141. The molecule has 0 aliphatic rings. The van der Waals surface area contributed by atoms with Gasteiger partial charge in [-0.15, -0.1) is 0 Å². The van der Waals surface area contributed by atoms with Crippen molar-refractivity contribution in [2.45, 2.75) is 58.2 Å². The highest BCUT2D eigenvalue weighted by atomic mass is 35.5. The van der Waals surface area contributed by atoms with Gasteiger partial charge in [0.25, 0.3) is 0 Å². The molecular weight excluding hydrogens is 574 g/mol. The number of amides is 2. The second-order valence-electron chi connectivity index (χ2n) is 10.3. The molecule has 2 atom stereocenters. The van der Waals surface area contributed by atoms with Gasteiger partial charge in [0, 0.05) is 43.1 Å². The molecule has 0 spiro atoms. The van der Waals surface area contributed by atoms with Gasteiger partial charge < -0.3 is 15.0 Å². The summed E-state index contributed by atoms with van der Waals surface area (Å²) in [6, 6.07) is 22.7. The highest BCUT2D eigenvalue weighted by Crippen LogP contribution is 2.24. The molecule has 0 bridgehead atoms. The SMILES string of the molecule is CC[C@@H](C)NC(=O)[C@@H](Cc1ccccc1)N(Cc1ccc(Cl)cc1)C(=O)CCCN(c1cccc(OC)c1)S(C)(=O)=O. The fourth-order valence-corrected chi connectivity index (χ4v) is 5.63. The number of carbonyl (C=O) groups is 2. The second-order valence-corrected chi connectivity index (χ2v) is 12.7. The van der Waals surface area contributed by atoms with E-state index in [9.17, 15) is 18.0 Å². The van der Waals surface area contributed by atoms with Crippen molar-refractivity contribution in [3.8, 4) is 5.75 Å². The Balaban J connectivity index is 1.89. The van der Waals surface area contributed by atoms with Gasteiger partial charge in [0.05, 0.1) is 19.1 Å². The molecule has 0 aromatic heterocycles. The number of anilines is 1. The van der Waals surface area contributed by atoms with Gasteiger partial charge in [-0.25, -0.2) is 8.42 Å². The minimum atomic E-state index is -3.62. The molecule has 0 saturated heterocycles. The van der Waals surface area contributed by atoms with Gasteiger partial charge in [-0.1, -0.05) is 67.1 Å². The van der Waals surface area contributed by atoms with Crippen molar-refractivity contribution in [1.82, 2.24) is 10.2 Å². The Morgan fingerprint density at radius 1 is 0.976 bits per heavy atom. The topological polar surface area (TPSA) is 96.0 Å². The first-order chi connectivity index (χ1) is 20.0. The van der Waals surface area contributed by atoms with E-state index >= 15 is 0 Å². The Labute approximate surface area is 254 Å². The number of hydrogen-bond acceptors (Lipinski definition) is 5. The van der Waals surface area contributed by atoms with E-state index in [-0.39, 0.29) is 43.8 Å². The normalized spacial score (nSPS) is 12.7. The summed E-state index contributed by atoms with van der Waals surface area (Å²) in [7, 11) is -2.11. The molecule has 226 valence electrons. The lowest BCUT2D eigenvalue weighted by atomic mass is 10.0. The predicted molar refractivity (Wildman–Crippen MR) is 168 cm³/mol. The molecular formula is C32H40ClN3O5S. The summed E-state index contributed by atoms with van der Waals surface area (Å²) in [5.41, 5.74) is 2.21. The van der Waals surface area contributed by atoms with Crippen molar-refractivity contribution in [2.24, 2.45) is 0 Å². The molecule has 3 aromatic carbocycles. The van der Waals surface area contributed by atoms with Crippen molar-refractivity contribution in [3.63, 3.8) is 0 Å². The van der Waals surface area contributed by atoms with Gasteiger partial charge in [-0.3, -0.25) is 13.9 Å². The van der Waals surface area contributed by atoms with Gasteiger partial charge >= 0.3 is 0 Å². The van der Waals surface area contributed by atoms with Crippen LogP contribution in [-0.4, -0.2) is 57.1 Å². The number of sulfonamides is 1. The Hall–Kier alpha value is -3.56. The van der Waals surface area contributed by atoms with Crippen LogP contribution in [0.5, 0.6) is 5.75 Å². The first kappa shape index (κ1) is 32.9. The van der Waals surface area contributed by atoms with Crippen molar-refractivity contribution < 1.29 is 22.7 Å². The number of nitrogens with zero attached hydrogens (tertiary/aromatic N) is 2. The van der Waals surface area contributed by atoms with Crippen LogP contribution >= 0.6 is 11.6 Å². The third kappa shape index (κ3) is 9.77. The lowest BCUT2D eigenvalue weighted by Crippen LogP contribution is -2.52. The van der Waals surface area contributed by atoms with Gasteiger partial charge in [0.2, 0.25) is 21.8 Å². The maximum Gasteiger partial charge on any atom is 0.243 e. The van der Waals surface area contributed by atoms with Gasteiger partial charge in [0.15, 0.2) is 0 Å². The number of rotatable bonds is 15. The quantitative estimate of drug-likeness (QED) is 0.246. The molecule has 10 heteroatoms. The van der Waals surface area contributed by atoms with Crippen LogP contribution in [0.1, 0.15) is 44.2 Å². The molecule has 1 N–H and O–H groups in total. The number of methoxy groups -OCH3 is 1. The lowest BCUT2D eigenvalue weighted by Gasteiger charge is -2.32. The largest absolute Gasteiger partial charge is 0.497 e. The highest BCUT2D eigenvalue weighted by Gasteiger charge is 2.31. The van der Waals surface area contributed by atoms with E-state index in [4.69, 9.17) is 16.3 Å². The summed E-state index contributed by atoms with van der Waals surface area (Å²) in [4.78, 5) is 29.1. The zero-order valence-electron chi connectivity index (χ0n) is 24.6. The van der Waals surface area contributed by atoms with E-state index in [1.54, 1.807) is 41.3 Å². The van der Waals surface area contributed by atoms with E-state index < -0.39 is 16.1 Å². The zero-order valence-corrected chi connectivity index (χ0v) is 26.2. The number of ether oxygens (including phenoxy) is 1. The van der Waals surface area contributed by atoms with Crippen LogP contribution in [0.4, 0.5) is 5.69 Å². The zero-order chi connectivity index (χ0) is 30.7. The first-order valence-electron chi connectivity index (χ1n) is 14.0. The van der Waals surface area contributed by atoms with Crippen molar-refractivity contribution >= 4 is 39.1 Å².